The molecule has 0 aliphatic carbocycles. The fraction of sp³-hybridized carbons (Fsp3) is 0.600. The number of hydrogen-bond acceptors (Lipinski definition) is 4. The minimum atomic E-state index is -0.596. The van der Waals surface area contributed by atoms with E-state index in [2.05, 4.69) is 9.97 Å². The lowest BCUT2D eigenvalue weighted by atomic mass is 10.0. The lowest BCUT2D eigenvalue weighted by Gasteiger charge is -2.25. The third-order valence-corrected chi connectivity index (χ3v) is 2.82. The van der Waals surface area contributed by atoms with Crippen LogP contribution in [0.1, 0.15) is 31.7 Å². The van der Waals surface area contributed by atoms with Crippen LogP contribution in [0.3, 0.4) is 0 Å². The summed E-state index contributed by atoms with van der Waals surface area (Å²) in [4.78, 5) is 18.3. The summed E-state index contributed by atoms with van der Waals surface area (Å²) in [5.74, 6) is 0.728. The van der Waals surface area contributed by atoms with Crippen molar-refractivity contribution in [3.63, 3.8) is 0 Å². The van der Waals surface area contributed by atoms with Crippen molar-refractivity contribution in [2.75, 3.05) is 12.8 Å². The Morgan fingerprint density at radius 3 is 2.60 bits per heavy atom. The summed E-state index contributed by atoms with van der Waals surface area (Å²) in [5.41, 5.74) is 5.27. The van der Waals surface area contributed by atoms with Crippen molar-refractivity contribution in [3.05, 3.63) is 21.7 Å². The van der Waals surface area contributed by atoms with Gasteiger partial charge in [0.1, 0.15) is 17.2 Å². The highest BCUT2D eigenvalue weighted by molar-refractivity contribution is 5.36. The normalized spacial score (nSPS) is 14.9. The number of nitrogens with one attached hydrogen (secondary N) is 1. The second kappa shape index (κ2) is 4.02. The molecule has 1 aromatic rings. The molecule has 0 fully saturated rings. The number of anilines is 1. The lowest BCUT2D eigenvalue weighted by Crippen LogP contribution is -2.30. The standard InChI is InChI=1S/C10H17N3O2/c1-5-10(3,15-4)9-12-7(11)6(2)8(14)13-9/h5H2,1-4H3,(H3,11,12,13,14). The van der Waals surface area contributed by atoms with Gasteiger partial charge in [-0.15, -0.1) is 0 Å². The van der Waals surface area contributed by atoms with Gasteiger partial charge in [0.15, 0.2) is 0 Å². The van der Waals surface area contributed by atoms with Crippen LogP contribution in [0.25, 0.3) is 0 Å². The molecule has 0 radical (unpaired) electrons. The predicted octanol–water partition coefficient (Wildman–Crippen LogP) is 0.932. The molecule has 1 atom stereocenters. The molecular formula is C10H17N3O2. The number of rotatable bonds is 3. The number of nitrogens with zero attached hydrogens (tertiary/aromatic N) is 1. The molecule has 5 nitrogen and oxygen atoms in total. The summed E-state index contributed by atoms with van der Waals surface area (Å²) in [6.45, 7) is 5.46. The average Bonchev–Trinajstić information content (AvgIpc) is 2.24. The average molecular weight is 211 g/mol. The fourth-order valence-corrected chi connectivity index (χ4v) is 1.21. The van der Waals surface area contributed by atoms with E-state index in [9.17, 15) is 4.79 Å². The molecule has 0 bridgehead atoms. The Labute approximate surface area is 88.7 Å². The molecule has 3 N–H and O–H groups in total. The zero-order chi connectivity index (χ0) is 11.6. The molecule has 1 rings (SSSR count). The first kappa shape index (κ1) is 11.7. The van der Waals surface area contributed by atoms with E-state index in [1.807, 2.05) is 13.8 Å². The van der Waals surface area contributed by atoms with Crippen molar-refractivity contribution in [2.45, 2.75) is 32.8 Å². The Morgan fingerprint density at radius 1 is 1.60 bits per heavy atom. The van der Waals surface area contributed by atoms with E-state index in [4.69, 9.17) is 10.5 Å². The Kier molecular flexibility index (Phi) is 3.14. The van der Waals surface area contributed by atoms with Gasteiger partial charge in [-0.3, -0.25) is 4.79 Å². The number of hydrogen-bond donors (Lipinski definition) is 2. The monoisotopic (exact) mass is 211 g/mol. The Balaban J connectivity index is 3.33. The quantitative estimate of drug-likeness (QED) is 0.779. The van der Waals surface area contributed by atoms with E-state index in [1.54, 1.807) is 14.0 Å². The topological polar surface area (TPSA) is 81.0 Å². The minimum Gasteiger partial charge on any atom is -0.383 e. The van der Waals surface area contributed by atoms with E-state index in [0.29, 0.717) is 17.8 Å². The van der Waals surface area contributed by atoms with Crippen LogP contribution in [0.2, 0.25) is 0 Å². The predicted molar refractivity (Wildman–Crippen MR) is 58.7 cm³/mol. The molecule has 1 aromatic heterocycles. The van der Waals surface area contributed by atoms with Gasteiger partial charge in [0.05, 0.1) is 5.56 Å². The molecule has 5 heteroatoms. The lowest BCUT2D eigenvalue weighted by molar-refractivity contribution is -0.00907. The second-order valence-electron chi connectivity index (χ2n) is 3.71. The number of nitrogen functional groups attached to an aromatic ring is 1. The van der Waals surface area contributed by atoms with Gasteiger partial charge in [0, 0.05) is 7.11 Å². The first-order valence-corrected chi connectivity index (χ1v) is 4.86. The molecule has 1 unspecified atom stereocenters. The minimum absolute atomic E-state index is 0.214. The molecule has 15 heavy (non-hydrogen) atoms. The van der Waals surface area contributed by atoms with Crippen LogP contribution in [-0.2, 0) is 10.3 Å². The molecule has 0 spiro atoms. The van der Waals surface area contributed by atoms with Crippen LogP contribution >= 0.6 is 0 Å². The molecule has 84 valence electrons. The third-order valence-electron chi connectivity index (χ3n) is 2.82. The van der Waals surface area contributed by atoms with E-state index < -0.39 is 5.60 Å². The van der Waals surface area contributed by atoms with Crippen molar-refractivity contribution in [2.24, 2.45) is 0 Å². The van der Waals surface area contributed by atoms with Gasteiger partial charge >= 0.3 is 0 Å². The summed E-state index contributed by atoms with van der Waals surface area (Å²) in [6, 6.07) is 0. The van der Waals surface area contributed by atoms with Crippen LogP contribution in [0.4, 0.5) is 5.82 Å². The molecule has 0 aliphatic rings. The SMILES string of the molecule is CCC(C)(OC)c1nc(N)c(C)c(=O)[nH]1. The Morgan fingerprint density at radius 2 is 2.20 bits per heavy atom. The van der Waals surface area contributed by atoms with Crippen LogP contribution in [-0.4, -0.2) is 17.1 Å². The van der Waals surface area contributed by atoms with Gasteiger partial charge in [-0.05, 0) is 20.3 Å². The third kappa shape index (κ3) is 2.02. The number of aromatic nitrogens is 2. The maximum absolute atomic E-state index is 11.5. The highest BCUT2D eigenvalue weighted by Crippen LogP contribution is 2.24. The van der Waals surface area contributed by atoms with Gasteiger partial charge in [0.25, 0.3) is 5.56 Å². The van der Waals surface area contributed by atoms with Gasteiger partial charge < -0.3 is 15.5 Å². The van der Waals surface area contributed by atoms with Crippen molar-refractivity contribution in [3.8, 4) is 0 Å². The van der Waals surface area contributed by atoms with Gasteiger partial charge in [-0.1, -0.05) is 6.92 Å². The van der Waals surface area contributed by atoms with Crippen molar-refractivity contribution < 1.29 is 4.74 Å². The first-order chi connectivity index (χ1) is 6.94. The van der Waals surface area contributed by atoms with Crippen LogP contribution in [0, 0.1) is 6.92 Å². The van der Waals surface area contributed by atoms with Crippen molar-refractivity contribution in [1.82, 2.24) is 9.97 Å². The summed E-state index contributed by atoms with van der Waals surface area (Å²) in [5, 5.41) is 0. The number of ether oxygens (including phenoxy) is 1. The highest BCUT2D eigenvalue weighted by atomic mass is 16.5. The fourth-order valence-electron chi connectivity index (χ4n) is 1.21. The smallest absolute Gasteiger partial charge is 0.255 e. The van der Waals surface area contributed by atoms with E-state index in [0.717, 1.165) is 0 Å². The summed E-state index contributed by atoms with van der Waals surface area (Å²) in [7, 11) is 1.58. The van der Waals surface area contributed by atoms with E-state index in [-0.39, 0.29) is 11.4 Å². The number of methoxy groups -OCH3 is 1. The molecule has 0 amide bonds. The molecule has 0 aromatic carbocycles. The van der Waals surface area contributed by atoms with Crippen LogP contribution < -0.4 is 11.3 Å². The maximum atomic E-state index is 11.5. The number of aromatic amines is 1. The Bertz CT molecular complexity index is 408. The molecule has 0 saturated carbocycles. The first-order valence-electron chi connectivity index (χ1n) is 4.86. The largest absolute Gasteiger partial charge is 0.383 e. The number of nitrogens with two attached hydrogens (primary N) is 1. The molecule has 1 heterocycles. The molecule has 0 saturated heterocycles. The summed E-state index contributed by atoms with van der Waals surface area (Å²) < 4.78 is 5.33. The van der Waals surface area contributed by atoms with Crippen molar-refractivity contribution >= 4 is 5.82 Å². The van der Waals surface area contributed by atoms with Gasteiger partial charge in [-0.2, -0.15) is 0 Å². The van der Waals surface area contributed by atoms with Crippen molar-refractivity contribution in [1.29, 1.82) is 0 Å². The summed E-state index contributed by atoms with van der Waals surface area (Å²) in [6.07, 6.45) is 0.703. The molecular weight excluding hydrogens is 194 g/mol. The maximum Gasteiger partial charge on any atom is 0.255 e. The van der Waals surface area contributed by atoms with E-state index in [1.165, 1.54) is 0 Å². The van der Waals surface area contributed by atoms with Crippen LogP contribution in [0.15, 0.2) is 4.79 Å². The Hall–Kier alpha value is -1.36. The van der Waals surface area contributed by atoms with Gasteiger partial charge in [-0.25, -0.2) is 4.98 Å². The summed E-state index contributed by atoms with van der Waals surface area (Å²) >= 11 is 0. The highest BCUT2D eigenvalue weighted by Gasteiger charge is 2.27. The second-order valence-corrected chi connectivity index (χ2v) is 3.71. The zero-order valence-electron chi connectivity index (χ0n) is 9.55. The molecule has 0 aliphatic heterocycles. The van der Waals surface area contributed by atoms with E-state index >= 15 is 0 Å². The zero-order valence-corrected chi connectivity index (χ0v) is 9.55. The van der Waals surface area contributed by atoms with Crippen LogP contribution in [0.5, 0.6) is 0 Å². The van der Waals surface area contributed by atoms with Gasteiger partial charge in [0.2, 0.25) is 0 Å². The number of H-pyrrole nitrogens is 1.